The fourth-order valence-electron chi connectivity index (χ4n) is 3.01. The van der Waals surface area contributed by atoms with Gasteiger partial charge in [-0.05, 0) is 24.5 Å². The zero-order valence-corrected chi connectivity index (χ0v) is 10.4. The van der Waals surface area contributed by atoms with E-state index in [-0.39, 0.29) is 5.91 Å². The third-order valence-electron chi connectivity index (χ3n) is 4.19. The predicted octanol–water partition coefficient (Wildman–Crippen LogP) is 1.59. The summed E-state index contributed by atoms with van der Waals surface area (Å²) in [5.74, 6) is 5.28. The number of fused-ring (bicyclic) bond motifs is 1. The molecule has 0 radical (unpaired) electrons. The lowest BCUT2D eigenvalue weighted by Gasteiger charge is -2.39. The highest BCUT2D eigenvalue weighted by Crippen LogP contribution is 2.46. The maximum atomic E-state index is 12.1. The van der Waals surface area contributed by atoms with Crippen molar-refractivity contribution >= 4 is 16.8 Å². The first kappa shape index (κ1) is 11.3. The highest BCUT2D eigenvalue weighted by Gasteiger charge is 2.46. The van der Waals surface area contributed by atoms with Gasteiger partial charge in [-0.25, -0.2) is 5.84 Å². The van der Waals surface area contributed by atoms with Gasteiger partial charge in [0.25, 0.3) is 0 Å². The molecule has 18 heavy (non-hydrogen) atoms. The lowest BCUT2D eigenvalue weighted by molar-refractivity contribution is -0.129. The van der Waals surface area contributed by atoms with E-state index in [2.05, 4.69) is 28.3 Å². The van der Waals surface area contributed by atoms with Crippen LogP contribution in [0.5, 0.6) is 0 Å². The smallest absolute Gasteiger partial charge is 0.244 e. The van der Waals surface area contributed by atoms with Gasteiger partial charge in [-0.1, -0.05) is 24.6 Å². The van der Waals surface area contributed by atoms with Crippen LogP contribution >= 0.6 is 0 Å². The largest absolute Gasteiger partial charge is 0.350 e. The van der Waals surface area contributed by atoms with Crippen LogP contribution in [0, 0.1) is 0 Å². The topological polar surface area (TPSA) is 60.0 Å². The predicted molar refractivity (Wildman–Crippen MR) is 70.8 cm³/mol. The SMILES string of the molecule is Cn1cc(C2(C(=O)NN)CCC2)c2ccccc21. The number of nitrogens with one attached hydrogen (secondary N) is 1. The Kier molecular flexibility index (Phi) is 2.41. The molecular formula is C14H17N3O. The molecule has 94 valence electrons. The molecule has 1 aliphatic carbocycles. The molecule has 1 saturated carbocycles. The van der Waals surface area contributed by atoms with Gasteiger partial charge < -0.3 is 4.57 Å². The maximum Gasteiger partial charge on any atom is 0.244 e. The third kappa shape index (κ3) is 1.32. The Balaban J connectivity index is 2.22. The van der Waals surface area contributed by atoms with Crippen molar-refractivity contribution in [3.05, 3.63) is 36.0 Å². The number of amides is 1. The average molecular weight is 243 g/mol. The van der Waals surface area contributed by atoms with E-state index in [0.717, 1.165) is 35.7 Å². The number of hydrazine groups is 1. The van der Waals surface area contributed by atoms with E-state index in [9.17, 15) is 4.79 Å². The molecule has 1 aromatic carbocycles. The molecule has 0 spiro atoms. The Bertz CT molecular complexity index is 611. The van der Waals surface area contributed by atoms with Crippen LogP contribution in [0.25, 0.3) is 10.9 Å². The van der Waals surface area contributed by atoms with Crippen molar-refractivity contribution < 1.29 is 4.79 Å². The van der Waals surface area contributed by atoms with Gasteiger partial charge in [-0.15, -0.1) is 0 Å². The molecule has 1 aromatic heterocycles. The monoisotopic (exact) mass is 243 g/mol. The van der Waals surface area contributed by atoms with Crippen molar-refractivity contribution in [2.75, 3.05) is 0 Å². The number of hydrogen-bond donors (Lipinski definition) is 2. The summed E-state index contributed by atoms with van der Waals surface area (Å²) in [5.41, 5.74) is 4.17. The van der Waals surface area contributed by atoms with Crippen molar-refractivity contribution in [3.63, 3.8) is 0 Å². The second kappa shape index (κ2) is 3.85. The van der Waals surface area contributed by atoms with Crippen LogP contribution in [-0.2, 0) is 17.3 Å². The number of nitrogens with zero attached hydrogens (tertiary/aromatic N) is 1. The van der Waals surface area contributed by atoms with Gasteiger partial charge in [0.2, 0.25) is 5.91 Å². The Morgan fingerprint density at radius 3 is 2.72 bits per heavy atom. The minimum Gasteiger partial charge on any atom is -0.350 e. The Morgan fingerprint density at radius 1 is 1.39 bits per heavy atom. The van der Waals surface area contributed by atoms with Crippen LogP contribution in [0.1, 0.15) is 24.8 Å². The van der Waals surface area contributed by atoms with E-state index >= 15 is 0 Å². The van der Waals surface area contributed by atoms with Gasteiger partial charge in [0.1, 0.15) is 0 Å². The van der Waals surface area contributed by atoms with Gasteiger partial charge in [0, 0.05) is 24.1 Å². The minimum atomic E-state index is -0.421. The number of rotatable bonds is 2. The quantitative estimate of drug-likeness (QED) is 0.478. The molecule has 0 atom stereocenters. The van der Waals surface area contributed by atoms with E-state index in [4.69, 9.17) is 5.84 Å². The number of carbonyl (C=O) groups is 1. The van der Waals surface area contributed by atoms with Crippen LogP contribution in [0.3, 0.4) is 0 Å². The minimum absolute atomic E-state index is 0.0647. The highest BCUT2D eigenvalue weighted by atomic mass is 16.2. The number of carbonyl (C=O) groups excluding carboxylic acids is 1. The van der Waals surface area contributed by atoms with Crippen molar-refractivity contribution in [1.82, 2.24) is 9.99 Å². The molecule has 3 N–H and O–H groups in total. The Morgan fingerprint density at radius 2 is 2.11 bits per heavy atom. The van der Waals surface area contributed by atoms with Crippen molar-refractivity contribution in [2.24, 2.45) is 12.9 Å². The van der Waals surface area contributed by atoms with E-state index in [1.54, 1.807) is 0 Å². The van der Waals surface area contributed by atoms with Gasteiger partial charge in [0.15, 0.2) is 0 Å². The summed E-state index contributed by atoms with van der Waals surface area (Å²) in [7, 11) is 2.01. The van der Waals surface area contributed by atoms with Gasteiger partial charge in [-0.2, -0.15) is 0 Å². The maximum absolute atomic E-state index is 12.1. The van der Waals surface area contributed by atoms with E-state index in [0.29, 0.717) is 0 Å². The van der Waals surface area contributed by atoms with Crippen molar-refractivity contribution in [3.8, 4) is 0 Å². The molecule has 4 nitrogen and oxygen atoms in total. The number of hydrogen-bond acceptors (Lipinski definition) is 2. The summed E-state index contributed by atoms with van der Waals surface area (Å²) in [6, 6.07) is 8.18. The number of nitrogens with two attached hydrogens (primary N) is 1. The van der Waals surface area contributed by atoms with Crippen LogP contribution < -0.4 is 11.3 Å². The summed E-state index contributed by atoms with van der Waals surface area (Å²) in [6.45, 7) is 0. The molecule has 2 aromatic rings. The second-order valence-corrected chi connectivity index (χ2v) is 5.08. The number of aromatic nitrogens is 1. The second-order valence-electron chi connectivity index (χ2n) is 5.08. The van der Waals surface area contributed by atoms with E-state index < -0.39 is 5.41 Å². The normalized spacial score (nSPS) is 17.4. The first-order chi connectivity index (χ1) is 8.69. The molecule has 1 heterocycles. The lowest BCUT2D eigenvalue weighted by atomic mass is 9.64. The summed E-state index contributed by atoms with van der Waals surface area (Å²) < 4.78 is 2.08. The van der Waals surface area contributed by atoms with E-state index in [1.165, 1.54) is 0 Å². The molecule has 0 saturated heterocycles. The summed E-state index contributed by atoms with van der Waals surface area (Å²) in [4.78, 5) is 12.1. The summed E-state index contributed by atoms with van der Waals surface area (Å²) in [6.07, 6.45) is 4.91. The first-order valence-electron chi connectivity index (χ1n) is 6.24. The van der Waals surface area contributed by atoms with Crippen LogP contribution in [0.4, 0.5) is 0 Å². The average Bonchev–Trinajstić information content (AvgIpc) is 2.67. The Hall–Kier alpha value is -1.81. The number of para-hydroxylation sites is 1. The lowest BCUT2D eigenvalue weighted by Crippen LogP contribution is -2.51. The molecule has 4 heteroatoms. The molecule has 1 fully saturated rings. The van der Waals surface area contributed by atoms with Gasteiger partial charge in [0.05, 0.1) is 5.41 Å². The molecule has 0 unspecified atom stereocenters. The molecule has 1 aliphatic rings. The third-order valence-corrected chi connectivity index (χ3v) is 4.19. The molecular weight excluding hydrogens is 226 g/mol. The Labute approximate surface area is 106 Å². The number of aryl methyl sites for hydroxylation is 1. The molecule has 0 bridgehead atoms. The number of benzene rings is 1. The van der Waals surface area contributed by atoms with Crippen LogP contribution in [-0.4, -0.2) is 10.5 Å². The first-order valence-corrected chi connectivity index (χ1v) is 6.24. The van der Waals surface area contributed by atoms with Crippen molar-refractivity contribution in [2.45, 2.75) is 24.7 Å². The summed E-state index contributed by atoms with van der Waals surface area (Å²) in [5, 5.41) is 1.16. The molecule has 3 rings (SSSR count). The summed E-state index contributed by atoms with van der Waals surface area (Å²) >= 11 is 0. The molecule has 0 aliphatic heterocycles. The molecule has 1 amide bonds. The fraction of sp³-hybridized carbons (Fsp3) is 0.357. The van der Waals surface area contributed by atoms with Crippen LogP contribution in [0.15, 0.2) is 30.5 Å². The van der Waals surface area contributed by atoms with Crippen LogP contribution in [0.2, 0.25) is 0 Å². The van der Waals surface area contributed by atoms with Gasteiger partial charge in [-0.3, -0.25) is 10.2 Å². The zero-order valence-electron chi connectivity index (χ0n) is 10.4. The fourth-order valence-corrected chi connectivity index (χ4v) is 3.01. The van der Waals surface area contributed by atoms with Crippen molar-refractivity contribution in [1.29, 1.82) is 0 Å². The zero-order chi connectivity index (χ0) is 12.8. The standard InChI is InChI=1S/C14H17N3O/c1-17-9-11(10-5-2-3-6-12(10)17)14(7-4-8-14)13(18)16-15/h2-3,5-6,9H,4,7-8,15H2,1H3,(H,16,18). The van der Waals surface area contributed by atoms with Gasteiger partial charge >= 0.3 is 0 Å². The van der Waals surface area contributed by atoms with E-state index in [1.807, 2.05) is 19.2 Å². The highest BCUT2D eigenvalue weighted by molar-refractivity contribution is 5.96.